The molecule has 0 saturated carbocycles. The van der Waals surface area contributed by atoms with Gasteiger partial charge in [0.25, 0.3) is 0 Å². The molecule has 0 radical (unpaired) electrons. The Morgan fingerprint density at radius 3 is 2.95 bits per heavy atom. The van der Waals surface area contributed by atoms with E-state index in [0.29, 0.717) is 24.4 Å². The number of nitrogens with zero attached hydrogens (tertiary/aromatic N) is 2. The minimum Gasteiger partial charge on any atom is -0.290 e. The van der Waals surface area contributed by atoms with E-state index in [-0.39, 0.29) is 5.41 Å². The molecule has 5 bridgehead atoms. The maximum Gasteiger partial charge on any atom is 0.0746 e. The quantitative estimate of drug-likeness (QED) is 0.639. The molecule has 0 aromatic rings. The molecular formula is C17H21ClN2. The number of fused-ring (bicyclic) bond motifs is 1. The van der Waals surface area contributed by atoms with Crippen molar-refractivity contribution in [1.29, 1.82) is 0 Å². The highest BCUT2D eigenvalue weighted by molar-refractivity contribution is 6.30. The summed E-state index contributed by atoms with van der Waals surface area (Å²) in [5, 5.41) is 0.873. The van der Waals surface area contributed by atoms with Crippen LogP contribution in [0.25, 0.3) is 0 Å². The number of rotatable bonds is 0. The Balaban J connectivity index is 2.04. The van der Waals surface area contributed by atoms with Gasteiger partial charge in [0.1, 0.15) is 0 Å². The molecule has 4 rings (SSSR count). The van der Waals surface area contributed by atoms with Gasteiger partial charge in [0.05, 0.1) is 12.6 Å². The van der Waals surface area contributed by atoms with Crippen molar-refractivity contribution in [3.63, 3.8) is 0 Å². The summed E-state index contributed by atoms with van der Waals surface area (Å²) in [6.07, 6.45) is 5.66. The lowest BCUT2D eigenvalue weighted by Crippen LogP contribution is -2.42. The molecule has 106 valence electrons. The van der Waals surface area contributed by atoms with Crippen LogP contribution in [0.2, 0.25) is 0 Å². The van der Waals surface area contributed by atoms with E-state index in [2.05, 4.69) is 26.8 Å². The largest absolute Gasteiger partial charge is 0.290 e. The summed E-state index contributed by atoms with van der Waals surface area (Å²) in [5.41, 5.74) is 5.81. The summed E-state index contributed by atoms with van der Waals surface area (Å²) in [4.78, 5) is 9.84. The van der Waals surface area contributed by atoms with Gasteiger partial charge < -0.3 is 0 Å². The van der Waals surface area contributed by atoms with Gasteiger partial charge in [-0.25, -0.2) is 0 Å². The van der Waals surface area contributed by atoms with Gasteiger partial charge in [0.2, 0.25) is 0 Å². The third-order valence-corrected chi connectivity index (χ3v) is 6.44. The van der Waals surface area contributed by atoms with Crippen molar-refractivity contribution in [2.75, 3.05) is 6.54 Å². The lowest BCUT2D eigenvalue weighted by Gasteiger charge is -2.43. The molecule has 2 aliphatic heterocycles. The zero-order valence-corrected chi connectivity index (χ0v) is 13.2. The zero-order chi connectivity index (χ0) is 14.1. The molecule has 4 aliphatic rings. The van der Waals surface area contributed by atoms with Crippen molar-refractivity contribution in [2.24, 2.45) is 27.2 Å². The van der Waals surface area contributed by atoms with Crippen LogP contribution in [0, 0.1) is 17.3 Å². The fourth-order valence-corrected chi connectivity index (χ4v) is 4.91. The van der Waals surface area contributed by atoms with Gasteiger partial charge in [-0.2, -0.15) is 0 Å². The Hall–Kier alpha value is -0.890. The second-order valence-electron chi connectivity index (χ2n) is 6.89. The molecule has 2 heterocycles. The van der Waals surface area contributed by atoms with Crippen LogP contribution in [0.15, 0.2) is 32.2 Å². The summed E-state index contributed by atoms with van der Waals surface area (Å²) in [6, 6.07) is 0.461. The van der Waals surface area contributed by atoms with E-state index >= 15 is 0 Å². The summed E-state index contributed by atoms with van der Waals surface area (Å²) in [7, 11) is 0. The van der Waals surface area contributed by atoms with Crippen LogP contribution in [0.4, 0.5) is 0 Å². The van der Waals surface area contributed by atoms with Crippen LogP contribution in [-0.4, -0.2) is 24.0 Å². The molecule has 4 atom stereocenters. The van der Waals surface area contributed by atoms with Crippen molar-refractivity contribution < 1.29 is 0 Å². The molecule has 0 amide bonds. The lowest BCUT2D eigenvalue weighted by atomic mass is 9.63. The molecular weight excluding hydrogens is 268 g/mol. The first kappa shape index (κ1) is 12.8. The molecule has 3 heteroatoms. The minimum atomic E-state index is 0.0677. The van der Waals surface area contributed by atoms with Crippen molar-refractivity contribution in [3.8, 4) is 0 Å². The maximum atomic E-state index is 6.39. The van der Waals surface area contributed by atoms with E-state index in [1.807, 2.05) is 0 Å². The Bertz CT molecular complexity index is 610. The van der Waals surface area contributed by atoms with Crippen molar-refractivity contribution in [2.45, 2.75) is 46.1 Å². The summed E-state index contributed by atoms with van der Waals surface area (Å²) < 4.78 is 0. The predicted octanol–water partition coefficient (Wildman–Crippen LogP) is 4.16. The van der Waals surface area contributed by atoms with E-state index in [4.69, 9.17) is 21.6 Å². The third kappa shape index (κ3) is 1.46. The van der Waals surface area contributed by atoms with E-state index in [0.717, 1.165) is 17.9 Å². The first-order valence-electron chi connectivity index (χ1n) is 7.69. The monoisotopic (exact) mass is 288 g/mol. The average molecular weight is 289 g/mol. The molecule has 0 aromatic carbocycles. The van der Waals surface area contributed by atoms with Crippen LogP contribution >= 0.6 is 11.6 Å². The topological polar surface area (TPSA) is 24.7 Å². The van der Waals surface area contributed by atoms with Crippen LogP contribution in [0.1, 0.15) is 40.0 Å². The Kier molecular flexibility index (Phi) is 2.61. The summed E-state index contributed by atoms with van der Waals surface area (Å²) >= 11 is 6.39. The molecule has 20 heavy (non-hydrogen) atoms. The van der Waals surface area contributed by atoms with Crippen LogP contribution < -0.4 is 0 Å². The molecule has 0 saturated heterocycles. The lowest BCUT2D eigenvalue weighted by molar-refractivity contribution is 0.299. The second kappa shape index (κ2) is 4.07. The number of aliphatic imine (C=N–C) groups is 2. The van der Waals surface area contributed by atoms with Gasteiger partial charge >= 0.3 is 0 Å². The van der Waals surface area contributed by atoms with Gasteiger partial charge in [-0.3, -0.25) is 9.98 Å². The van der Waals surface area contributed by atoms with Crippen molar-refractivity contribution >= 4 is 23.0 Å². The van der Waals surface area contributed by atoms with Gasteiger partial charge in [-0.15, -0.1) is 0 Å². The SMILES string of the molecule is CC1=NCC(Cl)=CC2=C3CCC4=NC(CC42)C(C)C13C. The third-order valence-electron chi connectivity index (χ3n) is 6.21. The fraction of sp³-hybridized carbons (Fsp3) is 0.647. The fourth-order valence-electron chi connectivity index (χ4n) is 4.73. The highest BCUT2D eigenvalue weighted by Gasteiger charge is 2.51. The molecule has 0 aromatic heterocycles. The molecule has 2 aliphatic carbocycles. The number of hydrogen-bond donors (Lipinski definition) is 0. The van der Waals surface area contributed by atoms with E-state index in [9.17, 15) is 0 Å². The maximum absolute atomic E-state index is 6.39. The van der Waals surface area contributed by atoms with E-state index in [1.54, 1.807) is 5.57 Å². The van der Waals surface area contributed by atoms with Gasteiger partial charge in [0.15, 0.2) is 0 Å². The second-order valence-corrected chi connectivity index (χ2v) is 7.38. The Morgan fingerprint density at radius 2 is 2.15 bits per heavy atom. The standard InChI is InChI=1S/C17H21ClN2/c1-9-16-7-13-12-6-11(18)8-19-10(2)17(9,3)14(12)4-5-15(13)20-16/h6,9,13,16H,4-5,7-8H2,1-3H3. The van der Waals surface area contributed by atoms with Gasteiger partial charge in [-0.1, -0.05) is 31.0 Å². The number of halogens is 1. The van der Waals surface area contributed by atoms with Crippen LogP contribution in [0.5, 0.6) is 0 Å². The Labute approximate surface area is 125 Å². The number of allylic oxidation sites excluding steroid dienone is 3. The molecule has 0 fully saturated rings. The highest BCUT2D eigenvalue weighted by Crippen LogP contribution is 2.55. The first-order chi connectivity index (χ1) is 9.51. The van der Waals surface area contributed by atoms with Gasteiger partial charge in [-0.05, 0) is 43.8 Å². The van der Waals surface area contributed by atoms with Crippen LogP contribution in [-0.2, 0) is 0 Å². The summed E-state index contributed by atoms with van der Waals surface area (Å²) in [6.45, 7) is 7.58. The minimum absolute atomic E-state index is 0.0677. The number of hydrogen-bond acceptors (Lipinski definition) is 2. The van der Waals surface area contributed by atoms with Crippen molar-refractivity contribution in [3.05, 3.63) is 22.3 Å². The Morgan fingerprint density at radius 1 is 1.35 bits per heavy atom. The molecule has 4 unspecified atom stereocenters. The molecule has 0 spiro atoms. The highest BCUT2D eigenvalue weighted by atomic mass is 35.5. The molecule has 2 nitrogen and oxygen atoms in total. The van der Waals surface area contributed by atoms with Gasteiger partial charge in [0, 0.05) is 27.8 Å². The normalized spacial score (nSPS) is 42.6. The molecule has 0 N–H and O–H groups in total. The first-order valence-corrected chi connectivity index (χ1v) is 8.07. The smallest absolute Gasteiger partial charge is 0.0746 e. The van der Waals surface area contributed by atoms with Crippen LogP contribution in [0.3, 0.4) is 0 Å². The summed E-state index contributed by atoms with van der Waals surface area (Å²) in [5.74, 6) is 1.07. The predicted molar refractivity (Wildman–Crippen MR) is 84.8 cm³/mol. The van der Waals surface area contributed by atoms with E-state index < -0.39 is 0 Å². The van der Waals surface area contributed by atoms with Crippen molar-refractivity contribution in [1.82, 2.24) is 0 Å². The van der Waals surface area contributed by atoms with E-state index in [1.165, 1.54) is 23.4 Å². The zero-order valence-electron chi connectivity index (χ0n) is 12.4. The average Bonchev–Trinajstić information content (AvgIpc) is 2.84.